The Kier molecular flexibility index (Phi) is 4.08. The highest BCUT2D eigenvalue weighted by Gasteiger charge is 2.18. The van der Waals surface area contributed by atoms with Crippen molar-refractivity contribution in [3.8, 4) is 0 Å². The van der Waals surface area contributed by atoms with Gasteiger partial charge in [0.2, 0.25) is 0 Å². The monoisotopic (exact) mass is 220 g/mol. The molecule has 0 spiro atoms. The molecule has 1 heterocycles. The fourth-order valence-corrected chi connectivity index (χ4v) is 1.79. The van der Waals surface area contributed by atoms with Crippen LogP contribution < -0.4 is 0 Å². The van der Waals surface area contributed by atoms with Gasteiger partial charge in [-0.25, -0.2) is 0 Å². The maximum Gasteiger partial charge on any atom is 0.146 e. The molecule has 1 fully saturated rings. The van der Waals surface area contributed by atoms with Crippen molar-refractivity contribution >= 4 is 21.7 Å². The Balaban J connectivity index is 2.36. The predicted molar refractivity (Wildman–Crippen MR) is 47.0 cm³/mol. The summed E-state index contributed by atoms with van der Waals surface area (Å²) in [7, 11) is 0. The number of ether oxygens (including phenoxy) is 1. The van der Waals surface area contributed by atoms with E-state index in [0.717, 1.165) is 32.5 Å². The highest BCUT2D eigenvalue weighted by molar-refractivity contribution is 9.09. The molecule has 2 nitrogen and oxygen atoms in total. The standard InChI is InChI=1S/C8H13BrO2/c9-6-8(10)7-2-1-4-11-5-3-7/h7H,1-6H2. The molecule has 1 atom stereocenters. The Morgan fingerprint density at radius 1 is 1.45 bits per heavy atom. The molecule has 3 heteroatoms. The number of hydrogen-bond donors (Lipinski definition) is 0. The SMILES string of the molecule is O=C(CBr)C1CCCOCC1. The predicted octanol–water partition coefficient (Wildman–Crippen LogP) is 1.77. The molecule has 0 bridgehead atoms. The number of carbonyl (C=O) groups excluding carboxylic acids is 1. The molecule has 1 aliphatic rings. The highest BCUT2D eigenvalue weighted by Crippen LogP contribution is 2.17. The first kappa shape index (κ1) is 9.20. The van der Waals surface area contributed by atoms with E-state index in [1.54, 1.807) is 0 Å². The van der Waals surface area contributed by atoms with Crippen LogP contribution in [0.15, 0.2) is 0 Å². The summed E-state index contributed by atoms with van der Waals surface area (Å²) in [5.41, 5.74) is 0. The molecule has 0 aromatic heterocycles. The molecular weight excluding hydrogens is 208 g/mol. The van der Waals surface area contributed by atoms with Crippen LogP contribution in [0, 0.1) is 5.92 Å². The van der Waals surface area contributed by atoms with Crippen molar-refractivity contribution in [2.24, 2.45) is 5.92 Å². The van der Waals surface area contributed by atoms with Gasteiger partial charge in [0.15, 0.2) is 0 Å². The highest BCUT2D eigenvalue weighted by atomic mass is 79.9. The third kappa shape index (κ3) is 2.91. The van der Waals surface area contributed by atoms with Gasteiger partial charge < -0.3 is 4.74 Å². The third-order valence-corrected chi connectivity index (χ3v) is 2.59. The van der Waals surface area contributed by atoms with E-state index in [0.29, 0.717) is 11.1 Å². The van der Waals surface area contributed by atoms with E-state index in [1.807, 2.05) is 0 Å². The van der Waals surface area contributed by atoms with Gasteiger partial charge in [0.1, 0.15) is 5.78 Å². The summed E-state index contributed by atoms with van der Waals surface area (Å²) in [6.07, 6.45) is 2.94. The van der Waals surface area contributed by atoms with Crippen molar-refractivity contribution in [2.75, 3.05) is 18.5 Å². The van der Waals surface area contributed by atoms with Gasteiger partial charge in [0.05, 0.1) is 5.33 Å². The van der Waals surface area contributed by atoms with Crippen LogP contribution in [0.1, 0.15) is 19.3 Å². The van der Waals surface area contributed by atoms with E-state index in [9.17, 15) is 4.79 Å². The second-order valence-electron chi connectivity index (χ2n) is 2.84. The number of hydrogen-bond acceptors (Lipinski definition) is 2. The van der Waals surface area contributed by atoms with Crippen molar-refractivity contribution in [3.63, 3.8) is 0 Å². The minimum atomic E-state index is 0.247. The first-order valence-corrected chi connectivity index (χ1v) is 5.13. The maximum absolute atomic E-state index is 11.2. The van der Waals surface area contributed by atoms with Crippen LogP contribution in [0.5, 0.6) is 0 Å². The normalized spacial score (nSPS) is 26.1. The van der Waals surface area contributed by atoms with Gasteiger partial charge in [-0.2, -0.15) is 0 Å². The van der Waals surface area contributed by atoms with Crippen LogP contribution in [0.3, 0.4) is 0 Å². The molecular formula is C8H13BrO2. The van der Waals surface area contributed by atoms with Gasteiger partial charge in [-0.05, 0) is 19.3 Å². The van der Waals surface area contributed by atoms with Gasteiger partial charge >= 0.3 is 0 Å². The Bertz CT molecular complexity index is 128. The average molecular weight is 221 g/mol. The number of alkyl halides is 1. The van der Waals surface area contributed by atoms with Crippen molar-refractivity contribution in [1.82, 2.24) is 0 Å². The van der Waals surface area contributed by atoms with Crippen LogP contribution in [-0.2, 0) is 9.53 Å². The first-order chi connectivity index (χ1) is 5.34. The summed E-state index contributed by atoms with van der Waals surface area (Å²) < 4.78 is 5.25. The van der Waals surface area contributed by atoms with Crippen LogP contribution in [-0.4, -0.2) is 24.3 Å². The summed E-state index contributed by atoms with van der Waals surface area (Å²) in [4.78, 5) is 11.2. The Morgan fingerprint density at radius 2 is 2.27 bits per heavy atom. The number of ketones is 1. The van der Waals surface area contributed by atoms with Crippen molar-refractivity contribution < 1.29 is 9.53 Å². The quantitative estimate of drug-likeness (QED) is 0.664. The van der Waals surface area contributed by atoms with E-state index < -0.39 is 0 Å². The molecule has 0 aromatic rings. The molecule has 0 saturated carbocycles. The third-order valence-electron chi connectivity index (χ3n) is 2.04. The topological polar surface area (TPSA) is 26.3 Å². The summed E-state index contributed by atoms with van der Waals surface area (Å²) in [6.45, 7) is 1.58. The lowest BCUT2D eigenvalue weighted by Gasteiger charge is -2.08. The summed E-state index contributed by atoms with van der Waals surface area (Å²) in [5, 5.41) is 0.498. The summed E-state index contributed by atoms with van der Waals surface area (Å²) in [6, 6.07) is 0. The van der Waals surface area contributed by atoms with E-state index in [1.165, 1.54) is 0 Å². The van der Waals surface area contributed by atoms with Gasteiger partial charge in [-0.3, -0.25) is 4.79 Å². The van der Waals surface area contributed by atoms with Gasteiger partial charge in [0.25, 0.3) is 0 Å². The summed E-state index contributed by atoms with van der Waals surface area (Å²) in [5.74, 6) is 0.576. The van der Waals surface area contributed by atoms with Crippen LogP contribution in [0.2, 0.25) is 0 Å². The fraction of sp³-hybridized carbons (Fsp3) is 0.875. The Labute approximate surface area is 75.4 Å². The average Bonchev–Trinajstić information content (AvgIpc) is 2.30. The second kappa shape index (κ2) is 4.88. The van der Waals surface area contributed by atoms with E-state index in [-0.39, 0.29) is 5.92 Å². The van der Waals surface area contributed by atoms with Gasteiger partial charge in [-0.1, -0.05) is 15.9 Å². The molecule has 0 amide bonds. The van der Waals surface area contributed by atoms with Gasteiger partial charge in [0, 0.05) is 19.1 Å². The number of carbonyl (C=O) groups is 1. The number of Topliss-reactive ketones (excluding diaryl/α,β-unsaturated/α-hetero) is 1. The Hall–Kier alpha value is 0.110. The molecule has 0 N–H and O–H groups in total. The van der Waals surface area contributed by atoms with E-state index in [2.05, 4.69) is 15.9 Å². The molecule has 64 valence electrons. The molecule has 0 radical (unpaired) electrons. The number of halogens is 1. The van der Waals surface area contributed by atoms with Crippen molar-refractivity contribution in [1.29, 1.82) is 0 Å². The maximum atomic E-state index is 11.2. The lowest BCUT2D eigenvalue weighted by Crippen LogP contribution is -2.15. The first-order valence-electron chi connectivity index (χ1n) is 4.01. The minimum Gasteiger partial charge on any atom is -0.381 e. The van der Waals surface area contributed by atoms with E-state index in [4.69, 9.17) is 4.74 Å². The zero-order chi connectivity index (χ0) is 8.10. The minimum absolute atomic E-state index is 0.247. The largest absolute Gasteiger partial charge is 0.381 e. The molecule has 11 heavy (non-hydrogen) atoms. The van der Waals surface area contributed by atoms with Crippen molar-refractivity contribution in [2.45, 2.75) is 19.3 Å². The van der Waals surface area contributed by atoms with Gasteiger partial charge in [-0.15, -0.1) is 0 Å². The van der Waals surface area contributed by atoms with Crippen LogP contribution in [0.4, 0.5) is 0 Å². The fourth-order valence-electron chi connectivity index (χ4n) is 1.33. The molecule has 1 rings (SSSR count). The van der Waals surface area contributed by atoms with Crippen LogP contribution >= 0.6 is 15.9 Å². The Morgan fingerprint density at radius 3 is 3.00 bits per heavy atom. The van der Waals surface area contributed by atoms with Crippen LogP contribution in [0.25, 0.3) is 0 Å². The lowest BCUT2D eigenvalue weighted by atomic mass is 9.97. The van der Waals surface area contributed by atoms with E-state index >= 15 is 0 Å². The molecule has 0 aromatic carbocycles. The zero-order valence-corrected chi connectivity index (χ0v) is 8.10. The summed E-state index contributed by atoms with van der Waals surface area (Å²) >= 11 is 3.19. The smallest absolute Gasteiger partial charge is 0.146 e. The molecule has 1 unspecified atom stereocenters. The molecule has 1 aliphatic heterocycles. The lowest BCUT2D eigenvalue weighted by molar-refractivity contribution is -0.120. The molecule has 1 saturated heterocycles. The molecule has 0 aliphatic carbocycles. The van der Waals surface area contributed by atoms with Crippen molar-refractivity contribution in [3.05, 3.63) is 0 Å². The zero-order valence-electron chi connectivity index (χ0n) is 6.51. The number of rotatable bonds is 2. The second-order valence-corrected chi connectivity index (χ2v) is 3.40.